The number of likely N-dealkylation sites (N-methyl/N-ethyl adjacent to an activating group) is 1. The normalized spacial score (nSPS) is 24.2. The van der Waals surface area contributed by atoms with Gasteiger partial charge in [0.2, 0.25) is 5.91 Å². The van der Waals surface area contributed by atoms with Gasteiger partial charge in [-0.1, -0.05) is 0 Å². The lowest BCUT2D eigenvalue weighted by atomic mass is 10.1. The summed E-state index contributed by atoms with van der Waals surface area (Å²) in [6.45, 7) is 2.73. The standard InChI is InChI=1S/C10H20N2O3S/c1-8(16(3,14)15)10(13)12-6-4-5-9(7-12)11-2/h8-9,11H,4-7H2,1-3H3. The third-order valence-corrected chi connectivity index (χ3v) is 4.62. The van der Waals surface area contributed by atoms with E-state index in [4.69, 9.17) is 0 Å². The molecule has 0 saturated carbocycles. The van der Waals surface area contributed by atoms with Crippen LogP contribution in [0.3, 0.4) is 0 Å². The first-order valence-corrected chi connectivity index (χ1v) is 7.46. The van der Waals surface area contributed by atoms with Gasteiger partial charge in [0.05, 0.1) is 0 Å². The Morgan fingerprint density at radius 2 is 2.12 bits per heavy atom. The molecule has 1 amide bonds. The van der Waals surface area contributed by atoms with Crippen molar-refractivity contribution in [1.82, 2.24) is 10.2 Å². The van der Waals surface area contributed by atoms with Crippen LogP contribution in [0.25, 0.3) is 0 Å². The fourth-order valence-electron chi connectivity index (χ4n) is 1.85. The maximum Gasteiger partial charge on any atom is 0.240 e. The predicted molar refractivity (Wildman–Crippen MR) is 63.0 cm³/mol. The van der Waals surface area contributed by atoms with Crippen molar-refractivity contribution in [3.05, 3.63) is 0 Å². The Kier molecular flexibility index (Phi) is 4.32. The number of amides is 1. The van der Waals surface area contributed by atoms with Crippen molar-refractivity contribution in [2.75, 3.05) is 26.4 Å². The van der Waals surface area contributed by atoms with E-state index in [0.717, 1.165) is 19.1 Å². The number of nitrogens with one attached hydrogen (secondary N) is 1. The van der Waals surface area contributed by atoms with Crippen LogP contribution < -0.4 is 5.32 Å². The summed E-state index contributed by atoms with van der Waals surface area (Å²) < 4.78 is 22.6. The van der Waals surface area contributed by atoms with Crippen LogP contribution in [-0.2, 0) is 14.6 Å². The Labute approximate surface area is 97.1 Å². The third-order valence-electron chi connectivity index (χ3n) is 3.13. The molecule has 0 spiro atoms. The van der Waals surface area contributed by atoms with Gasteiger partial charge in [-0.25, -0.2) is 8.42 Å². The van der Waals surface area contributed by atoms with Crippen LogP contribution in [0.15, 0.2) is 0 Å². The van der Waals surface area contributed by atoms with Crippen LogP contribution >= 0.6 is 0 Å². The summed E-state index contributed by atoms with van der Waals surface area (Å²) in [5, 5.41) is 2.20. The van der Waals surface area contributed by atoms with E-state index in [9.17, 15) is 13.2 Å². The largest absolute Gasteiger partial charge is 0.340 e. The Morgan fingerprint density at radius 1 is 1.50 bits per heavy atom. The molecule has 1 fully saturated rings. The lowest BCUT2D eigenvalue weighted by Crippen LogP contribution is -2.50. The van der Waals surface area contributed by atoms with E-state index in [1.807, 2.05) is 7.05 Å². The molecule has 1 saturated heterocycles. The number of piperidine rings is 1. The summed E-state index contributed by atoms with van der Waals surface area (Å²) in [6.07, 6.45) is 3.07. The molecule has 6 heteroatoms. The van der Waals surface area contributed by atoms with Crippen LogP contribution in [0.2, 0.25) is 0 Å². The lowest BCUT2D eigenvalue weighted by molar-refractivity contribution is -0.131. The molecule has 0 bridgehead atoms. The first-order valence-electron chi connectivity index (χ1n) is 5.51. The molecule has 16 heavy (non-hydrogen) atoms. The molecule has 1 heterocycles. The van der Waals surface area contributed by atoms with E-state index in [-0.39, 0.29) is 11.9 Å². The van der Waals surface area contributed by atoms with Crippen molar-refractivity contribution < 1.29 is 13.2 Å². The van der Waals surface area contributed by atoms with Crippen molar-refractivity contribution in [3.63, 3.8) is 0 Å². The summed E-state index contributed by atoms with van der Waals surface area (Å²) in [4.78, 5) is 13.6. The highest BCUT2D eigenvalue weighted by molar-refractivity contribution is 7.92. The van der Waals surface area contributed by atoms with Crippen molar-refractivity contribution in [2.24, 2.45) is 0 Å². The van der Waals surface area contributed by atoms with Crippen molar-refractivity contribution in [1.29, 1.82) is 0 Å². The summed E-state index contributed by atoms with van der Waals surface area (Å²) in [7, 11) is -1.43. The number of sulfone groups is 1. The first-order chi connectivity index (χ1) is 7.36. The van der Waals surface area contributed by atoms with E-state index in [2.05, 4.69) is 5.32 Å². The van der Waals surface area contributed by atoms with E-state index in [0.29, 0.717) is 13.1 Å². The first kappa shape index (κ1) is 13.4. The van der Waals surface area contributed by atoms with Crippen LogP contribution in [0.1, 0.15) is 19.8 Å². The van der Waals surface area contributed by atoms with E-state index in [1.54, 1.807) is 4.90 Å². The van der Waals surface area contributed by atoms with E-state index < -0.39 is 15.1 Å². The van der Waals surface area contributed by atoms with Crippen LogP contribution in [-0.4, -0.2) is 56.9 Å². The fraction of sp³-hybridized carbons (Fsp3) is 0.900. The molecule has 1 aliphatic rings. The Balaban J connectivity index is 2.67. The number of likely N-dealkylation sites (tertiary alicyclic amines) is 1. The zero-order chi connectivity index (χ0) is 12.3. The highest BCUT2D eigenvalue weighted by Gasteiger charge is 2.30. The second-order valence-electron chi connectivity index (χ2n) is 4.38. The molecular weight excluding hydrogens is 228 g/mol. The zero-order valence-corrected chi connectivity index (χ0v) is 10.9. The van der Waals surface area contributed by atoms with Gasteiger partial charge in [-0.2, -0.15) is 0 Å². The number of nitrogens with zero attached hydrogens (tertiary/aromatic N) is 1. The van der Waals surface area contributed by atoms with Gasteiger partial charge < -0.3 is 10.2 Å². The van der Waals surface area contributed by atoms with Gasteiger partial charge in [0.25, 0.3) is 0 Å². The van der Waals surface area contributed by atoms with Crippen LogP contribution in [0.4, 0.5) is 0 Å². The van der Waals surface area contributed by atoms with Gasteiger partial charge in [-0.3, -0.25) is 4.79 Å². The molecule has 0 radical (unpaired) electrons. The summed E-state index contributed by atoms with van der Waals surface area (Å²) in [5.41, 5.74) is 0. The van der Waals surface area contributed by atoms with Gasteiger partial charge in [0, 0.05) is 25.4 Å². The molecule has 1 rings (SSSR count). The Bertz CT molecular complexity index is 353. The number of carbonyl (C=O) groups excluding carboxylic acids is 1. The van der Waals surface area contributed by atoms with Gasteiger partial charge in [0.15, 0.2) is 9.84 Å². The quantitative estimate of drug-likeness (QED) is 0.740. The molecular formula is C10H20N2O3S. The molecule has 1 N–H and O–H groups in total. The molecule has 94 valence electrons. The number of rotatable bonds is 3. The average Bonchev–Trinajstić information content (AvgIpc) is 2.26. The highest BCUT2D eigenvalue weighted by Crippen LogP contribution is 2.13. The molecule has 0 aromatic carbocycles. The summed E-state index contributed by atoms with van der Waals surface area (Å²) in [5.74, 6) is -0.276. The number of hydrogen-bond acceptors (Lipinski definition) is 4. The Hall–Kier alpha value is -0.620. The fourth-order valence-corrected chi connectivity index (χ4v) is 2.37. The van der Waals surface area contributed by atoms with Gasteiger partial charge >= 0.3 is 0 Å². The predicted octanol–water partition coefficient (Wildman–Crippen LogP) is -0.370. The minimum Gasteiger partial charge on any atom is -0.340 e. The highest BCUT2D eigenvalue weighted by atomic mass is 32.2. The molecule has 0 aliphatic carbocycles. The van der Waals surface area contributed by atoms with E-state index in [1.165, 1.54) is 6.92 Å². The maximum atomic E-state index is 11.9. The molecule has 0 aromatic rings. The SMILES string of the molecule is CNC1CCCN(C(=O)C(C)S(C)(=O)=O)C1. The smallest absolute Gasteiger partial charge is 0.240 e. The van der Waals surface area contributed by atoms with Gasteiger partial charge in [-0.05, 0) is 26.8 Å². The van der Waals surface area contributed by atoms with E-state index >= 15 is 0 Å². The minimum absolute atomic E-state index is 0.276. The maximum absolute atomic E-state index is 11.9. The molecule has 0 aromatic heterocycles. The molecule has 5 nitrogen and oxygen atoms in total. The van der Waals surface area contributed by atoms with Crippen molar-refractivity contribution >= 4 is 15.7 Å². The molecule has 2 unspecified atom stereocenters. The zero-order valence-electron chi connectivity index (χ0n) is 10.1. The third kappa shape index (κ3) is 3.18. The monoisotopic (exact) mass is 248 g/mol. The molecule has 2 atom stereocenters. The molecule has 1 aliphatic heterocycles. The second kappa shape index (κ2) is 5.14. The summed E-state index contributed by atoms with van der Waals surface area (Å²) >= 11 is 0. The van der Waals surface area contributed by atoms with Crippen molar-refractivity contribution in [3.8, 4) is 0 Å². The number of hydrogen-bond donors (Lipinski definition) is 1. The van der Waals surface area contributed by atoms with Crippen LogP contribution in [0, 0.1) is 0 Å². The van der Waals surface area contributed by atoms with Crippen molar-refractivity contribution in [2.45, 2.75) is 31.1 Å². The lowest BCUT2D eigenvalue weighted by Gasteiger charge is -2.33. The minimum atomic E-state index is -3.29. The van der Waals surface area contributed by atoms with Gasteiger partial charge in [-0.15, -0.1) is 0 Å². The summed E-state index contributed by atoms with van der Waals surface area (Å²) in [6, 6.07) is 0.282. The topological polar surface area (TPSA) is 66.5 Å². The van der Waals surface area contributed by atoms with Gasteiger partial charge in [0.1, 0.15) is 5.25 Å². The number of carbonyl (C=O) groups is 1. The Morgan fingerprint density at radius 3 is 2.62 bits per heavy atom. The average molecular weight is 248 g/mol. The second-order valence-corrected chi connectivity index (χ2v) is 6.75. The van der Waals surface area contributed by atoms with Crippen LogP contribution in [0.5, 0.6) is 0 Å².